The van der Waals surface area contributed by atoms with Gasteiger partial charge in [0.05, 0.1) is 62.8 Å². The summed E-state index contributed by atoms with van der Waals surface area (Å²) in [4.78, 5) is 153. The molecule has 1 heterocycles. The Morgan fingerprint density at radius 3 is 1.08 bits per heavy atom. The molecule has 11 amide bonds. The maximum atomic E-state index is 14.4. The second kappa shape index (κ2) is 69.1. The van der Waals surface area contributed by atoms with Crippen LogP contribution < -0.4 is 235 Å². The van der Waals surface area contributed by atoms with Crippen LogP contribution in [-0.4, -0.2) is 283 Å². The molecule has 0 aliphatic carbocycles. The third kappa shape index (κ3) is 80.8. The zero-order valence-electron chi connectivity index (χ0n) is 67.5. The molecule has 13 atom stereocenters. The van der Waals surface area contributed by atoms with Crippen LogP contribution >= 0.6 is 0 Å². The third-order valence-electron chi connectivity index (χ3n) is 13.7. The zero-order chi connectivity index (χ0) is 84.7. The number of rotatable bonds is 29. The van der Waals surface area contributed by atoms with Gasteiger partial charge < -0.3 is 120 Å². The zero-order valence-corrected chi connectivity index (χ0v) is 81.6. The molecule has 23 N–H and O–H groups in total. The molecule has 54 heteroatoms. The second-order valence-electron chi connectivity index (χ2n) is 25.5. The molecule has 1 rings (SSSR count). The van der Waals surface area contributed by atoms with Gasteiger partial charge in [0.2, 0.25) is 65.0 Å². The summed E-state index contributed by atoms with van der Waals surface area (Å²) in [7, 11) is -19.6. The Kier molecular flexibility index (Phi) is 80.9. The Morgan fingerprint density at radius 1 is 0.446 bits per heavy atom. The first kappa shape index (κ1) is 131. The fourth-order valence-electron chi connectivity index (χ4n) is 8.76. The molecule has 44 nitrogen and oxygen atoms in total. The number of nitrogens with two attached hydrogens (primary N) is 5. The predicted octanol–water partition coefficient (Wildman–Crippen LogP) is -24.6. The van der Waals surface area contributed by atoms with Crippen LogP contribution in [0.1, 0.15) is 139 Å². The Labute approximate surface area is 769 Å². The van der Waals surface area contributed by atoms with E-state index in [0.717, 1.165) is 19.3 Å². The van der Waals surface area contributed by atoms with Crippen LogP contribution in [0.2, 0.25) is 0 Å². The van der Waals surface area contributed by atoms with Crippen molar-refractivity contribution in [3.63, 3.8) is 0 Å². The van der Waals surface area contributed by atoms with E-state index in [1.807, 2.05) is 0 Å². The Morgan fingerprint density at radius 2 is 0.768 bits per heavy atom. The average molecular weight is 1760 g/mol. The topological polar surface area (TPSA) is 777 Å². The molecule has 0 spiro atoms. The van der Waals surface area contributed by atoms with Gasteiger partial charge in [0.25, 0.3) is 0 Å². The maximum absolute atomic E-state index is 14.4. The van der Waals surface area contributed by atoms with Gasteiger partial charge >= 0.3 is 148 Å². The van der Waals surface area contributed by atoms with E-state index >= 15 is 0 Å². The molecule has 0 bridgehead atoms. The van der Waals surface area contributed by atoms with Crippen molar-refractivity contribution in [2.75, 3.05) is 70.5 Å². The van der Waals surface area contributed by atoms with Gasteiger partial charge in [-0.3, -0.25) is 52.7 Å². The van der Waals surface area contributed by atoms with Crippen molar-refractivity contribution >= 4 is 116 Å². The third-order valence-corrected chi connectivity index (χ3v) is 13.7. The van der Waals surface area contributed by atoms with Crippen LogP contribution in [0.25, 0.3) is 0 Å². The van der Waals surface area contributed by atoms with Crippen LogP contribution in [0.15, 0.2) is 0 Å². The summed E-state index contributed by atoms with van der Waals surface area (Å²) < 4.78 is 136. The number of aliphatic hydroxyl groups is 2. The molecule has 1 saturated heterocycles. The summed E-state index contributed by atoms with van der Waals surface area (Å²) in [5, 5.41) is 49.5. The number of carbonyl (C=O) groups is 11. The first-order valence-electron chi connectivity index (χ1n) is 33.4. The molecular weight excluding hydrogens is 1640 g/mol. The number of hydrogen-bond donors (Lipinski definition) is 18. The quantitative estimate of drug-likeness (QED) is 0.0188. The van der Waals surface area contributed by atoms with Crippen molar-refractivity contribution in [1.29, 1.82) is 0 Å². The van der Waals surface area contributed by atoms with Gasteiger partial charge in [-0.05, 0) is 122 Å². The van der Waals surface area contributed by atoms with Crippen LogP contribution in [0.4, 0.5) is 0 Å². The Hall–Kier alpha value is -1.56. The Balaban J connectivity index is -0.000000372. The summed E-state index contributed by atoms with van der Waals surface area (Å²) in [6, 6.07) is -14.5. The molecule has 0 aromatic carbocycles. The number of carbonyl (C=O) groups excluding carboxylic acids is 11. The molecule has 0 aromatic rings. The number of unbranched alkanes of at least 4 members (excludes halogenated alkanes) is 1. The summed E-state index contributed by atoms with van der Waals surface area (Å²) in [5.74, 6) is -9.49. The summed E-state index contributed by atoms with van der Waals surface area (Å²) >= 11 is 0. The summed E-state index contributed by atoms with van der Waals surface area (Å²) in [6.45, 7) is 12.6. The van der Waals surface area contributed by atoms with E-state index in [1.165, 1.54) is 13.8 Å². The molecule has 0 saturated carbocycles. The van der Waals surface area contributed by atoms with Crippen LogP contribution in [0, 0.1) is 17.8 Å². The summed E-state index contributed by atoms with van der Waals surface area (Å²) in [5.41, 5.74) is 29.2. The van der Waals surface area contributed by atoms with Crippen LogP contribution in [0.5, 0.6) is 0 Å². The van der Waals surface area contributed by atoms with Gasteiger partial charge in [-0.15, -0.1) is 0 Å². The van der Waals surface area contributed by atoms with Gasteiger partial charge in [-0.25, -0.2) is 42.1 Å². The van der Waals surface area contributed by atoms with Crippen LogP contribution in [0.3, 0.4) is 0 Å². The van der Waals surface area contributed by atoms with Crippen molar-refractivity contribution in [3.05, 3.63) is 0 Å². The first-order chi connectivity index (χ1) is 48.7. The van der Waals surface area contributed by atoms with Crippen molar-refractivity contribution < 1.29 is 276 Å². The summed E-state index contributed by atoms with van der Waals surface area (Å²) in [6.07, 6.45) is 2.26. The molecule has 1 aliphatic rings. The number of aliphatic hydroxyl groups excluding tert-OH is 2. The van der Waals surface area contributed by atoms with Gasteiger partial charge in [0, 0.05) is 44.2 Å². The molecule has 112 heavy (non-hydrogen) atoms. The SMILES string of the molecule is CCC(C)CCCCC(=O)N[C@@H](CCN)C(=O)N[C@H](C(=O)N[C@@H](CCN)C(=O)NC1CCNC(=O)C([C@@H](C)O)NC(=O)[C@H](CCN)NC(=O)[C@@H](CCN)NC(=O)[C@H](CC(C)C)NC(=O)[C@@H](CC(C)C)NC(=O)C(CCN)NC1=O)[C@@H](C)O.CS(=O)(=O)[O-].CS(=O)(=O)[O-].CS(=O)(=O)[O-].CS(=O)(=O)[O-].CS(=O)(=O)[O-].[Na+].[Na+].[Na+].[Na+].[Na+]. The molecule has 1 fully saturated rings. The van der Waals surface area contributed by atoms with Gasteiger partial charge in [-0.2, -0.15) is 0 Å². The van der Waals surface area contributed by atoms with E-state index in [2.05, 4.69) is 72.3 Å². The molecule has 1 aliphatic heterocycles. The first-order valence-corrected chi connectivity index (χ1v) is 42.5. The largest absolute Gasteiger partial charge is 1.00 e. The van der Waals surface area contributed by atoms with Crippen molar-refractivity contribution in [1.82, 2.24) is 58.5 Å². The number of hydrogen-bond acceptors (Lipinski definition) is 33. The Bertz CT molecular complexity index is 3150. The minimum atomic E-state index is -3.92. The molecule has 0 aromatic heterocycles. The van der Waals surface area contributed by atoms with E-state index < -0.39 is 201 Å². The maximum Gasteiger partial charge on any atom is 1.00 e. The van der Waals surface area contributed by atoms with Crippen molar-refractivity contribution in [2.45, 2.75) is 211 Å². The van der Waals surface area contributed by atoms with E-state index in [9.17, 15) is 63.0 Å². The average Bonchev–Trinajstić information content (AvgIpc) is 0.967. The predicted molar refractivity (Wildman–Crippen MR) is 384 cm³/mol. The van der Waals surface area contributed by atoms with E-state index in [4.69, 9.17) is 93.5 Å². The number of amides is 11. The monoisotopic (exact) mass is 1760 g/mol. The molecule has 0 radical (unpaired) electrons. The molecular formula is C58H115N16Na5O28S5. The van der Waals surface area contributed by atoms with Gasteiger partial charge in [0.15, 0.2) is 0 Å². The van der Waals surface area contributed by atoms with E-state index in [1.54, 1.807) is 27.7 Å². The second-order valence-corrected chi connectivity index (χ2v) is 32.5. The standard InChI is InChI=1S/C53H100N16O13.5CH4O3S.5Na/c1-9-30(6)12-10-11-13-41(72)60-33(14-20-54)48(77)69-43(32(8)71)53(82)65-36(17-23-57)45(74)64-38-19-25-59-52(81)42(31(7)70)68-49(78)37(18-24-58)62-44(73)34(15-21-55)63-50(79)39(26-28(2)3)67-51(80)40(27-29(4)5)66-46(75)35(16-22-56)61-47(38)76;5*1-5(2,3)4;;;;;/h28-40,42-43,70-71H,9-27,54-58H2,1-8H3,(H,59,81)(H,60,72)(H,61,76)(H,62,73)(H,63,79)(H,64,74)(H,65,82)(H,66,75)(H,67,80)(H,68,78)(H,69,77);5*1H3,(H,2,3,4);;;;;/q;;;;;;5*+1/p-5/t30?,31-,32-,33+,34-,35?,36+,37+,38?,39+,40-,42?,43+;;;;;;;;;;/m1........../s1. The van der Waals surface area contributed by atoms with Crippen LogP contribution in [-0.2, 0) is 103 Å². The van der Waals surface area contributed by atoms with Gasteiger partial charge in [-0.1, -0.05) is 60.8 Å². The number of nitrogens with one attached hydrogen (secondary N) is 11. The van der Waals surface area contributed by atoms with E-state index in [-0.39, 0.29) is 244 Å². The van der Waals surface area contributed by atoms with E-state index in [0.29, 0.717) is 43.6 Å². The molecule has 4 unspecified atom stereocenters. The minimum Gasteiger partial charge on any atom is -0.748 e. The smallest absolute Gasteiger partial charge is 0.748 e. The normalized spacial score (nSPS) is 19.7. The fourth-order valence-corrected chi connectivity index (χ4v) is 8.76. The van der Waals surface area contributed by atoms with Crippen molar-refractivity contribution in [2.24, 2.45) is 46.4 Å². The fraction of sp³-hybridized carbons (Fsp3) is 0.810. The minimum absolute atomic E-state index is 0. The molecule has 630 valence electrons. The van der Waals surface area contributed by atoms with Crippen molar-refractivity contribution in [3.8, 4) is 0 Å². The van der Waals surface area contributed by atoms with Gasteiger partial charge in [0.1, 0.15) is 60.4 Å².